The van der Waals surface area contributed by atoms with Crippen molar-refractivity contribution in [2.24, 2.45) is 0 Å². The first kappa shape index (κ1) is 40.2. The van der Waals surface area contributed by atoms with E-state index in [0.29, 0.717) is 17.5 Å². The summed E-state index contributed by atoms with van der Waals surface area (Å²) in [6.45, 7) is 0. The molecule has 0 aliphatic heterocycles. The number of nitrogens with zero attached hydrogens (tertiary/aromatic N) is 4. The first-order chi connectivity index (χ1) is 35.6. The quantitative estimate of drug-likeness (QED) is 0.173. The Labute approximate surface area is 424 Å². The van der Waals surface area contributed by atoms with Gasteiger partial charge in [0.2, 0.25) is 0 Å². The maximum Gasteiger partial charge on any atom is 0.164 e. The number of rotatable bonds is 5. The Bertz CT molecular complexity index is 4730. The van der Waals surface area contributed by atoms with Gasteiger partial charge in [-0.15, -0.1) is 34.0 Å². The summed E-state index contributed by atoms with van der Waals surface area (Å²) in [6, 6.07) is 79.9. The summed E-state index contributed by atoms with van der Waals surface area (Å²) in [4.78, 5) is 16.7. The molecule has 72 heavy (non-hydrogen) atoms. The van der Waals surface area contributed by atoms with Gasteiger partial charge in [-0.05, 0) is 112 Å². The van der Waals surface area contributed by atoms with Crippen molar-refractivity contribution in [3.63, 3.8) is 0 Å². The van der Waals surface area contributed by atoms with Crippen molar-refractivity contribution in [2.45, 2.75) is 0 Å². The summed E-state index contributed by atoms with van der Waals surface area (Å²) < 4.78 is 9.87. The number of thiophene rings is 3. The van der Waals surface area contributed by atoms with E-state index in [0.717, 1.165) is 55.3 Å². The van der Waals surface area contributed by atoms with Crippen molar-refractivity contribution >= 4 is 138 Å². The Morgan fingerprint density at radius 2 is 0.722 bits per heavy atom. The number of aromatic nitrogens is 4. The van der Waals surface area contributed by atoms with E-state index < -0.39 is 0 Å². The van der Waals surface area contributed by atoms with Gasteiger partial charge in [0.05, 0.1) is 11.0 Å². The minimum atomic E-state index is 0.625. The lowest BCUT2D eigenvalue weighted by atomic mass is 9.96. The molecule has 0 amide bonds. The molecule has 0 bridgehead atoms. The summed E-state index contributed by atoms with van der Waals surface area (Å²) in [6.07, 6.45) is 0. The van der Waals surface area contributed by atoms with E-state index >= 15 is 0 Å². The molecule has 0 saturated heterocycles. The minimum Gasteiger partial charge on any atom is -0.309 e. The molecule has 11 aromatic carbocycles. The van der Waals surface area contributed by atoms with E-state index in [1.807, 2.05) is 34.0 Å². The smallest absolute Gasteiger partial charge is 0.164 e. The molecule has 0 aliphatic rings. The van der Waals surface area contributed by atoms with Gasteiger partial charge in [0.15, 0.2) is 17.5 Å². The van der Waals surface area contributed by atoms with Crippen molar-refractivity contribution in [3.05, 3.63) is 218 Å². The van der Waals surface area contributed by atoms with Gasteiger partial charge in [0.25, 0.3) is 0 Å². The lowest BCUT2D eigenvalue weighted by Gasteiger charge is -2.16. The molecule has 16 aromatic rings. The van der Waals surface area contributed by atoms with Crippen LogP contribution in [0, 0.1) is 0 Å². The van der Waals surface area contributed by atoms with Gasteiger partial charge in [-0.3, -0.25) is 0 Å². The van der Waals surface area contributed by atoms with Crippen LogP contribution in [0.4, 0.5) is 0 Å². The highest BCUT2D eigenvalue weighted by Crippen LogP contribution is 2.45. The molecule has 334 valence electrons. The molecule has 4 nitrogen and oxygen atoms in total. The van der Waals surface area contributed by atoms with Gasteiger partial charge in [0, 0.05) is 93.7 Å². The number of hydrogen-bond donors (Lipinski definition) is 0. The van der Waals surface area contributed by atoms with Crippen LogP contribution in [0.1, 0.15) is 0 Å². The first-order valence-corrected chi connectivity index (χ1v) is 26.6. The lowest BCUT2D eigenvalue weighted by molar-refractivity contribution is 1.08. The Balaban J connectivity index is 1.01. The standard InChI is InChI=1S/C65H36N4S3/c1-3-15-39-33-53-51(31-37(39)13-1)52-32-38-14-2-4-16-40(38)34-54(52)69(53)42-28-30-45(50(36-42)41-27-29-44-43-17-5-8-22-55(43)72-60(44)35-41)63-66-64(48-20-11-25-58-61(48)46-18-6-9-23-56(46)70-58)68-65(67-63)49-21-12-26-59-62(49)47-19-7-10-24-57(47)71-59/h1-36H. The minimum absolute atomic E-state index is 0.625. The fraction of sp³-hybridized carbons (Fsp3) is 0. The van der Waals surface area contributed by atoms with Gasteiger partial charge in [-0.25, -0.2) is 15.0 Å². The van der Waals surface area contributed by atoms with Gasteiger partial charge in [-0.1, -0.05) is 140 Å². The highest BCUT2D eigenvalue weighted by atomic mass is 32.1. The van der Waals surface area contributed by atoms with Gasteiger partial charge in [-0.2, -0.15) is 0 Å². The van der Waals surface area contributed by atoms with Gasteiger partial charge < -0.3 is 4.57 Å². The zero-order chi connectivity index (χ0) is 47.0. The van der Waals surface area contributed by atoms with Crippen LogP contribution in [0.25, 0.3) is 155 Å². The predicted octanol–water partition coefficient (Wildman–Crippen LogP) is 19.0. The normalized spacial score (nSPS) is 12.2. The van der Waals surface area contributed by atoms with Crippen LogP contribution < -0.4 is 0 Å². The summed E-state index contributed by atoms with van der Waals surface area (Å²) >= 11 is 5.46. The van der Waals surface area contributed by atoms with E-state index in [-0.39, 0.29) is 0 Å². The third-order valence-electron chi connectivity index (χ3n) is 14.6. The Morgan fingerprint density at radius 1 is 0.278 bits per heavy atom. The fourth-order valence-corrected chi connectivity index (χ4v) is 14.7. The average molecular weight is 969 g/mol. The molecule has 0 aliphatic carbocycles. The third kappa shape index (κ3) is 6.05. The van der Waals surface area contributed by atoms with E-state index in [1.54, 1.807) is 0 Å². The monoisotopic (exact) mass is 968 g/mol. The van der Waals surface area contributed by atoms with Crippen LogP contribution in [-0.4, -0.2) is 19.5 Å². The summed E-state index contributed by atoms with van der Waals surface area (Å²) in [7, 11) is 0. The van der Waals surface area contributed by atoms with E-state index in [1.165, 1.54) is 82.1 Å². The molecule has 0 unspecified atom stereocenters. The summed E-state index contributed by atoms with van der Waals surface area (Å²) in [5, 5.41) is 14.6. The average Bonchev–Trinajstić information content (AvgIpc) is 4.20. The van der Waals surface area contributed by atoms with Crippen LogP contribution in [0.3, 0.4) is 0 Å². The van der Waals surface area contributed by atoms with E-state index in [4.69, 9.17) is 15.0 Å². The molecule has 7 heteroatoms. The molecule has 0 fully saturated rings. The molecular weight excluding hydrogens is 933 g/mol. The van der Waals surface area contributed by atoms with E-state index in [2.05, 4.69) is 223 Å². The molecule has 0 atom stereocenters. The number of hydrogen-bond acceptors (Lipinski definition) is 6. The fourth-order valence-electron chi connectivity index (χ4n) is 11.3. The van der Waals surface area contributed by atoms with Crippen LogP contribution in [0.15, 0.2) is 218 Å². The SMILES string of the molecule is c1ccc2cc3c(cc2c1)c1cc2ccccc2cc1n3-c1ccc(-c2nc(-c3cccc4sc5ccccc5c34)nc(-c3cccc4sc5ccccc5c34)n2)c(-c2ccc3c(c2)sc2ccccc23)c1. The Hall–Kier alpha value is -8.59. The van der Waals surface area contributed by atoms with Crippen LogP contribution in [0.5, 0.6) is 0 Å². The number of benzene rings is 11. The van der Waals surface area contributed by atoms with Crippen LogP contribution >= 0.6 is 34.0 Å². The maximum absolute atomic E-state index is 5.59. The zero-order valence-electron chi connectivity index (χ0n) is 38.3. The largest absolute Gasteiger partial charge is 0.309 e. The second-order valence-electron chi connectivity index (χ2n) is 18.7. The molecule has 0 spiro atoms. The predicted molar refractivity (Wildman–Crippen MR) is 310 cm³/mol. The molecule has 0 N–H and O–H groups in total. The molecule has 0 radical (unpaired) electrons. The molecule has 5 heterocycles. The maximum atomic E-state index is 5.59. The Morgan fingerprint density at radius 3 is 1.29 bits per heavy atom. The number of fused-ring (bicyclic) bond motifs is 14. The summed E-state index contributed by atoms with van der Waals surface area (Å²) in [5.41, 5.74) is 8.45. The van der Waals surface area contributed by atoms with Crippen molar-refractivity contribution in [1.29, 1.82) is 0 Å². The third-order valence-corrected chi connectivity index (χ3v) is 18.0. The highest BCUT2D eigenvalue weighted by molar-refractivity contribution is 7.26. The highest BCUT2D eigenvalue weighted by Gasteiger charge is 2.23. The lowest BCUT2D eigenvalue weighted by Crippen LogP contribution is -2.02. The van der Waals surface area contributed by atoms with Gasteiger partial charge in [0.1, 0.15) is 0 Å². The van der Waals surface area contributed by atoms with Gasteiger partial charge >= 0.3 is 0 Å². The second kappa shape index (κ2) is 15.5. The van der Waals surface area contributed by atoms with Crippen molar-refractivity contribution < 1.29 is 0 Å². The zero-order valence-corrected chi connectivity index (χ0v) is 40.7. The molecule has 16 rings (SSSR count). The second-order valence-corrected chi connectivity index (χ2v) is 21.9. The van der Waals surface area contributed by atoms with Crippen LogP contribution in [0.2, 0.25) is 0 Å². The van der Waals surface area contributed by atoms with Crippen molar-refractivity contribution in [2.75, 3.05) is 0 Å². The van der Waals surface area contributed by atoms with Crippen molar-refractivity contribution in [1.82, 2.24) is 19.5 Å². The molecular formula is C65H36N4S3. The van der Waals surface area contributed by atoms with Crippen LogP contribution in [-0.2, 0) is 0 Å². The van der Waals surface area contributed by atoms with E-state index in [9.17, 15) is 0 Å². The van der Waals surface area contributed by atoms with Crippen molar-refractivity contribution in [3.8, 4) is 51.0 Å². The summed E-state index contributed by atoms with van der Waals surface area (Å²) in [5.74, 6) is 1.92. The Kier molecular flexibility index (Phi) is 8.62. The molecule has 0 saturated carbocycles. The topological polar surface area (TPSA) is 43.6 Å². The molecule has 5 aromatic heterocycles. The first-order valence-electron chi connectivity index (χ1n) is 24.1.